The van der Waals surface area contributed by atoms with Gasteiger partial charge in [-0.3, -0.25) is 4.79 Å². The zero-order valence-corrected chi connectivity index (χ0v) is 13.5. The molecule has 0 bridgehead atoms. The fourth-order valence-corrected chi connectivity index (χ4v) is 2.35. The molecule has 128 valence electrons. The smallest absolute Gasteiger partial charge is 0.387 e. The molecule has 1 amide bonds. The number of alkyl halides is 2. The van der Waals surface area contributed by atoms with Crippen LogP contribution in [0.15, 0.2) is 60.8 Å². The van der Waals surface area contributed by atoms with Gasteiger partial charge in [0.15, 0.2) is 5.69 Å². The molecule has 1 N–H and O–H groups in total. The molecule has 0 aliphatic rings. The molecular formula is C17H12ClF2N3O2. The first-order chi connectivity index (χ1) is 12.0. The maximum atomic E-state index is 12.4. The molecule has 1 aromatic heterocycles. The van der Waals surface area contributed by atoms with Gasteiger partial charge in [0, 0.05) is 11.2 Å². The maximum absolute atomic E-state index is 12.4. The van der Waals surface area contributed by atoms with E-state index in [0.29, 0.717) is 10.7 Å². The van der Waals surface area contributed by atoms with Crippen LogP contribution >= 0.6 is 11.6 Å². The summed E-state index contributed by atoms with van der Waals surface area (Å²) < 4.78 is 30.7. The first-order valence-electron chi connectivity index (χ1n) is 7.20. The topological polar surface area (TPSA) is 56.1 Å². The lowest BCUT2D eigenvalue weighted by atomic mass is 10.3. The number of amides is 1. The number of hydrogen-bond acceptors (Lipinski definition) is 3. The van der Waals surface area contributed by atoms with Gasteiger partial charge in [0.1, 0.15) is 5.75 Å². The number of anilines is 1. The summed E-state index contributed by atoms with van der Waals surface area (Å²) in [7, 11) is 0. The number of carbonyl (C=O) groups excluding carboxylic acids is 1. The number of benzene rings is 2. The molecule has 3 aromatic rings. The second-order valence-electron chi connectivity index (χ2n) is 4.95. The van der Waals surface area contributed by atoms with Gasteiger partial charge in [-0.1, -0.05) is 29.8 Å². The Bertz CT molecular complexity index is 899. The van der Waals surface area contributed by atoms with Gasteiger partial charge in [-0.15, -0.1) is 0 Å². The average molecular weight is 364 g/mol. The summed E-state index contributed by atoms with van der Waals surface area (Å²) in [6.07, 6.45) is 1.60. The lowest BCUT2D eigenvalue weighted by Crippen LogP contribution is -2.15. The summed E-state index contributed by atoms with van der Waals surface area (Å²) in [4.78, 5) is 12.3. The number of aromatic nitrogens is 2. The van der Waals surface area contributed by atoms with Crippen LogP contribution in [0.25, 0.3) is 5.69 Å². The Labute approximate surface area is 146 Å². The Kier molecular flexibility index (Phi) is 4.95. The van der Waals surface area contributed by atoms with Crippen LogP contribution in [0.5, 0.6) is 5.75 Å². The average Bonchev–Trinajstić information content (AvgIpc) is 3.06. The van der Waals surface area contributed by atoms with Gasteiger partial charge >= 0.3 is 6.61 Å². The van der Waals surface area contributed by atoms with Crippen LogP contribution in [0, 0.1) is 0 Å². The van der Waals surface area contributed by atoms with E-state index in [1.54, 1.807) is 36.5 Å². The molecule has 5 nitrogen and oxygen atoms in total. The van der Waals surface area contributed by atoms with Gasteiger partial charge in [0.05, 0.1) is 11.4 Å². The van der Waals surface area contributed by atoms with Crippen molar-refractivity contribution in [1.29, 1.82) is 0 Å². The number of halogens is 3. The van der Waals surface area contributed by atoms with Gasteiger partial charge < -0.3 is 10.1 Å². The fraction of sp³-hybridized carbons (Fsp3) is 0.0588. The third-order valence-corrected chi connectivity index (χ3v) is 3.48. The maximum Gasteiger partial charge on any atom is 0.387 e. The van der Waals surface area contributed by atoms with Crippen LogP contribution in [0.1, 0.15) is 10.5 Å². The Morgan fingerprint density at radius 1 is 1.16 bits per heavy atom. The molecule has 8 heteroatoms. The standard InChI is InChI=1S/C17H12ClF2N3O2/c18-11-4-3-5-12(10-11)23-9-8-14(22-23)16(24)21-13-6-1-2-7-15(13)25-17(19)20/h1-10,17H,(H,21,24). The van der Waals surface area contributed by atoms with E-state index in [1.807, 2.05) is 0 Å². The van der Waals surface area contributed by atoms with E-state index in [9.17, 15) is 13.6 Å². The van der Waals surface area contributed by atoms with Crippen molar-refractivity contribution in [3.63, 3.8) is 0 Å². The summed E-state index contributed by atoms with van der Waals surface area (Å²) in [5, 5.41) is 7.21. The normalized spacial score (nSPS) is 10.7. The molecule has 0 saturated carbocycles. The van der Waals surface area contributed by atoms with E-state index in [4.69, 9.17) is 11.6 Å². The van der Waals surface area contributed by atoms with E-state index in [-0.39, 0.29) is 17.1 Å². The summed E-state index contributed by atoms with van der Waals surface area (Å²) in [5.41, 5.74) is 0.935. The molecule has 3 rings (SSSR count). The predicted molar refractivity (Wildman–Crippen MR) is 89.6 cm³/mol. The molecule has 1 heterocycles. The van der Waals surface area contributed by atoms with Gasteiger partial charge in [-0.25, -0.2) is 4.68 Å². The van der Waals surface area contributed by atoms with Crippen LogP contribution in [0.3, 0.4) is 0 Å². The van der Waals surface area contributed by atoms with Gasteiger partial charge in [0.25, 0.3) is 5.91 Å². The molecule has 0 spiro atoms. The van der Waals surface area contributed by atoms with E-state index in [1.165, 1.54) is 28.9 Å². The van der Waals surface area contributed by atoms with Crippen molar-refractivity contribution < 1.29 is 18.3 Å². The van der Waals surface area contributed by atoms with Gasteiger partial charge in [0.2, 0.25) is 0 Å². The third kappa shape index (κ3) is 4.13. The Morgan fingerprint density at radius 3 is 2.72 bits per heavy atom. The van der Waals surface area contributed by atoms with E-state index in [0.717, 1.165) is 0 Å². The summed E-state index contributed by atoms with van der Waals surface area (Å²) in [6, 6.07) is 14.4. The molecular weight excluding hydrogens is 352 g/mol. The van der Waals surface area contributed by atoms with Crippen molar-refractivity contribution in [1.82, 2.24) is 9.78 Å². The highest BCUT2D eigenvalue weighted by molar-refractivity contribution is 6.30. The zero-order valence-electron chi connectivity index (χ0n) is 12.7. The number of nitrogens with zero attached hydrogens (tertiary/aromatic N) is 2. The summed E-state index contributed by atoms with van der Waals surface area (Å²) in [5.74, 6) is -0.675. The first-order valence-corrected chi connectivity index (χ1v) is 7.57. The van der Waals surface area contributed by atoms with Crippen LogP contribution < -0.4 is 10.1 Å². The SMILES string of the molecule is O=C(Nc1ccccc1OC(F)F)c1ccn(-c2cccc(Cl)c2)n1. The highest BCUT2D eigenvalue weighted by Crippen LogP contribution is 2.26. The molecule has 0 unspecified atom stereocenters. The van der Waals surface area contributed by atoms with E-state index in [2.05, 4.69) is 15.2 Å². The van der Waals surface area contributed by atoms with Crippen molar-refractivity contribution in [3.05, 3.63) is 71.5 Å². The largest absolute Gasteiger partial charge is 0.433 e. The second kappa shape index (κ2) is 7.31. The minimum Gasteiger partial charge on any atom is -0.433 e. The Morgan fingerprint density at radius 2 is 1.96 bits per heavy atom. The molecule has 25 heavy (non-hydrogen) atoms. The second-order valence-corrected chi connectivity index (χ2v) is 5.39. The van der Waals surface area contributed by atoms with Gasteiger partial charge in [-0.2, -0.15) is 13.9 Å². The monoisotopic (exact) mass is 363 g/mol. The molecule has 0 saturated heterocycles. The third-order valence-electron chi connectivity index (χ3n) is 3.25. The minimum absolute atomic E-state index is 0.117. The van der Waals surface area contributed by atoms with Crippen molar-refractivity contribution in [3.8, 4) is 11.4 Å². The highest BCUT2D eigenvalue weighted by atomic mass is 35.5. The molecule has 0 aliphatic heterocycles. The van der Waals surface area contributed by atoms with Crippen molar-refractivity contribution in [2.24, 2.45) is 0 Å². The molecule has 0 aliphatic carbocycles. The zero-order chi connectivity index (χ0) is 17.8. The predicted octanol–water partition coefficient (Wildman–Crippen LogP) is 4.38. The van der Waals surface area contributed by atoms with Crippen molar-refractivity contribution >= 4 is 23.2 Å². The lowest BCUT2D eigenvalue weighted by Gasteiger charge is -2.10. The minimum atomic E-state index is -2.99. The van der Waals surface area contributed by atoms with Crippen LogP contribution in [-0.2, 0) is 0 Å². The molecule has 0 fully saturated rings. The van der Waals surface area contributed by atoms with Crippen LogP contribution in [0.2, 0.25) is 5.02 Å². The number of carbonyl (C=O) groups is 1. The highest BCUT2D eigenvalue weighted by Gasteiger charge is 2.15. The number of hydrogen-bond donors (Lipinski definition) is 1. The van der Waals surface area contributed by atoms with E-state index < -0.39 is 12.5 Å². The summed E-state index contributed by atoms with van der Waals surface area (Å²) >= 11 is 5.93. The quantitative estimate of drug-likeness (QED) is 0.732. The van der Waals surface area contributed by atoms with Crippen LogP contribution in [-0.4, -0.2) is 22.3 Å². The fourth-order valence-electron chi connectivity index (χ4n) is 2.16. The summed E-state index contributed by atoms with van der Waals surface area (Å²) in [6.45, 7) is -2.99. The molecule has 0 radical (unpaired) electrons. The first kappa shape index (κ1) is 16.9. The van der Waals surface area contributed by atoms with Crippen molar-refractivity contribution in [2.75, 3.05) is 5.32 Å². The number of para-hydroxylation sites is 2. The van der Waals surface area contributed by atoms with Gasteiger partial charge in [-0.05, 0) is 36.4 Å². The van der Waals surface area contributed by atoms with E-state index >= 15 is 0 Å². The molecule has 2 aromatic carbocycles. The number of rotatable bonds is 5. The molecule has 0 atom stereocenters. The van der Waals surface area contributed by atoms with Crippen molar-refractivity contribution in [2.45, 2.75) is 6.61 Å². The van der Waals surface area contributed by atoms with Crippen LogP contribution in [0.4, 0.5) is 14.5 Å². The number of ether oxygens (including phenoxy) is 1. The Balaban J connectivity index is 1.79. The number of nitrogens with one attached hydrogen (secondary N) is 1. The lowest BCUT2D eigenvalue weighted by molar-refractivity contribution is -0.0493. The Hall–Kier alpha value is -2.93.